The Labute approximate surface area is 190 Å². The molecule has 6 nitrogen and oxygen atoms in total. The van der Waals surface area contributed by atoms with Gasteiger partial charge in [0.25, 0.3) is 5.91 Å². The van der Waals surface area contributed by atoms with Gasteiger partial charge < -0.3 is 18.9 Å². The summed E-state index contributed by atoms with van der Waals surface area (Å²) < 4.78 is 13.0. The molecular formula is C25H23N3O3S. The van der Waals surface area contributed by atoms with Crippen molar-refractivity contribution >= 4 is 17.2 Å². The smallest absolute Gasteiger partial charge is 0.254 e. The van der Waals surface area contributed by atoms with Crippen LogP contribution in [0, 0.1) is 0 Å². The molecule has 4 aromatic rings. The van der Waals surface area contributed by atoms with Crippen molar-refractivity contribution in [1.29, 1.82) is 0 Å². The monoisotopic (exact) mass is 445 g/mol. The number of imidazole rings is 1. The van der Waals surface area contributed by atoms with Gasteiger partial charge in [-0.1, -0.05) is 12.1 Å². The van der Waals surface area contributed by atoms with E-state index in [9.17, 15) is 4.79 Å². The molecule has 0 aliphatic carbocycles. The Bertz CT molecular complexity index is 1240. The molecule has 32 heavy (non-hydrogen) atoms. The zero-order chi connectivity index (χ0) is 22.1. The first-order valence-electron chi connectivity index (χ1n) is 10.4. The number of carbonyl (C=O) groups excluding carboxylic acids is 1. The molecule has 0 unspecified atom stereocenters. The van der Waals surface area contributed by atoms with Gasteiger partial charge in [-0.25, -0.2) is 4.98 Å². The van der Waals surface area contributed by atoms with E-state index in [-0.39, 0.29) is 11.9 Å². The third kappa shape index (κ3) is 3.54. The normalized spacial score (nSPS) is 15.3. The Kier molecular flexibility index (Phi) is 5.41. The van der Waals surface area contributed by atoms with Crippen LogP contribution in [-0.2, 0) is 6.42 Å². The van der Waals surface area contributed by atoms with E-state index in [2.05, 4.69) is 11.1 Å². The second-order valence-electron chi connectivity index (χ2n) is 7.59. The maximum absolute atomic E-state index is 13.8. The summed E-state index contributed by atoms with van der Waals surface area (Å²) in [7, 11) is 3.28. The Balaban J connectivity index is 1.57. The van der Waals surface area contributed by atoms with Gasteiger partial charge in [-0.05, 0) is 59.3 Å². The molecule has 0 spiro atoms. The topological polar surface area (TPSA) is 56.6 Å². The lowest BCUT2D eigenvalue weighted by Crippen LogP contribution is -2.40. The molecule has 3 heterocycles. The van der Waals surface area contributed by atoms with E-state index in [4.69, 9.17) is 9.47 Å². The Morgan fingerprint density at radius 1 is 1.09 bits per heavy atom. The second kappa shape index (κ2) is 8.51. The highest BCUT2D eigenvalue weighted by molar-refractivity contribution is 7.10. The summed E-state index contributed by atoms with van der Waals surface area (Å²) >= 11 is 1.66. The first kappa shape index (κ1) is 20.3. The summed E-state index contributed by atoms with van der Waals surface area (Å²) in [5.41, 5.74) is 3.82. The number of ether oxygens (including phenoxy) is 2. The SMILES string of the molecule is COc1cc2c(cc1OC)[C@@H](c1cccs1)N(C(=O)c1cccc(-n3ccnc3)c1)CC2. The third-order valence-corrected chi connectivity index (χ3v) is 6.77. The lowest BCUT2D eigenvalue weighted by Gasteiger charge is -2.37. The molecule has 1 atom stereocenters. The molecule has 5 rings (SSSR count). The van der Waals surface area contributed by atoms with E-state index in [0.29, 0.717) is 23.6 Å². The molecule has 0 N–H and O–H groups in total. The largest absolute Gasteiger partial charge is 0.493 e. The number of nitrogens with zero attached hydrogens (tertiary/aromatic N) is 3. The molecule has 1 amide bonds. The quantitative estimate of drug-likeness (QED) is 0.445. The van der Waals surface area contributed by atoms with Crippen molar-refractivity contribution in [2.24, 2.45) is 0 Å². The molecular weight excluding hydrogens is 422 g/mol. The van der Waals surface area contributed by atoms with Crippen LogP contribution in [0.3, 0.4) is 0 Å². The van der Waals surface area contributed by atoms with Crippen LogP contribution in [0.15, 0.2) is 72.6 Å². The van der Waals surface area contributed by atoms with Gasteiger partial charge in [0, 0.05) is 35.1 Å². The molecule has 0 fully saturated rings. The van der Waals surface area contributed by atoms with Gasteiger partial charge in [0.15, 0.2) is 11.5 Å². The van der Waals surface area contributed by atoms with Crippen molar-refractivity contribution in [2.75, 3.05) is 20.8 Å². The van der Waals surface area contributed by atoms with Crippen molar-refractivity contribution in [3.8, 4) is 17.2 Å². The molecule has 2 aromatic heterocycles. The molecule has 0 saturated heterocycles. The van der Waals surface area contributed by atoms with Crippen molar-refractivity contribution in [1.82, 2.24) is 14.5 Å². The molecule has 7 heteroatoms. The Morgan fingerprint density at radius 3 is 2.66 bits per heavy atom. The highest BCUT2D eigenvalue weighted by Crippen LogP contribution is 2.42. The van der Waals surface area contributed by atoms with Crippen LogP contribution in [-0.4, -0.2) is 41.1 Å². The first-order chi connectivity index (χ1) is 15.7. The zero-order valence-corrected chi connectivity index (χ0v) is 18.7. The number of rotatable bonds is 5. The van der Waals surface area contributed by atoms with Crippen LogP contribution in [0.25, 0.3) is 5.69 Å². The molecule has 0 bridgehead atoms. The fourth-order valence-electron chi connectivity index (χ4n) is 4.30. The number of amides is 1. The zero-order valence-electron chi connectivity index (χ0n) is 17.9. The summed E-state index contributed by atoms with van der Waals surface area (Å²) in [4.78, 5) is 21.0. The predicted octanol–water partition coefficient (Wildman–Crippen LogP) is 4.74. The molecule has 0 radical (unpaired) electrons. The summed E-state index contributed by atoms with van der Waals surface area (Å²) in [6.45, 7) is 0.624. The van der Waals surface area contributed by atoms with E-state index < -0.39 is 0 Å². The number of hydrogen-bond donors (Lipinski definition) is 0. The van der Waals surface area contributed by atoms with Gasteiger partial charge in [-0.3, -0.25) is 4.79 Å². The number of methoxy groups -OCH3 is 2. The van der Waals surface area contributed by atoms with Crippen molar-refractivity contribution in [2.45, 2.75) is 12.5 Å². The van der Waals surface area contributed by atoms with E-state index in [1.54, 1.807) is 38.1 Å². The number of thiophene rings is 1. The van der Waals surface area contributed by atoms with E-state index in [0.717, 1.165) is 22.5 Å². The highest BCUT2D eigenvalue weighted by Gasteiger charge is 2.34. The van der Waals surface area contributed by atoms with Gasteiger partial charge in [0.1, 0.15) is 0 Å². The van der Waals surface area contributed by atoms with Gasteiger partial charge in [-0.2, -0.15) is 0 Å². The molecule has 162 valence electrons. The maximum atomic E-state index is 13.8. The number of hydrogen-bond acceptors (Lipinski definition) is 5. The lowest BCUT2D eigenvalue weighted by molar-refractivity contribution is 0.0697. The van der Waals surface area contributed by atoms with Gasteiger partial charge >= 0.3 is 0 Å². The van der Waals surface area contributed by atoms with Crippen LogP contribution in [0.2, 0.25) is 0 Å². The summed E-state index contributed by atoms with van der Waals surface area (Å²) in [6, 6.07) is 15.7. The minimum absolute atomic E-state index is 0.00537. The Morgan fingerprint density at radius 2 is 1.94 bits per heavy atom. The van der Waals surface area contributed by atoms with Crippen LogP contribution < -0.4 is 9.47 Å². The van der Waals surface area contributed by atoms with E-state index in [1.165, 1.54) is 5.56 Å². The fourth-order valence-corrected chi connectivity index (χ4v) is 5.15. The minimum Gasteiger partial charge on any atom is -0.493 e. The van der Waals surface area contributed by atoms with Gasteiger partial charge in [0.2, 0.25) is 0 Å². The summed E-state index contributed by atoms with van der Waals surface area (Å²) in [5, 5.41) is 2.05. The van der Waals surface area contributed by atoms with E-state index in [1.807, 2.05) is 63.5 Å². The number of aromatic nitrogens is 2. The van der Waals surface area contributed by atoms with Gasteiger partial charge in [-0.15, -0.1) is 11.3 Å². The summed E-state index contributed by atoms with van der Waals surface area (Å²) in [6.07, 6.45) is 6.08. The van der Waals surface area contributed by atoms with Crippen molar-refractivity contribution in [3.63, 3.8) is 0 Å². The minimum atomic E-state index is -0.178. The van der Waals surface area contributed by atoms with Crippen LogP contribution in [0.4, 0.5) is 0 Å². The Hall–Kier alpha value is -3.58. The third-order valence-electron chi connectivity index (χ3n) is 5.84. The number of benzene rings is 2. The standard InChI is InChI=1S/C25H23N3O3S/c1-30-21-14-17-8-10-28(24(23-7-4-12-32-23)20(17)15-22(21)31-2)25(29)18-5-3-6-19(13-18)27-11-9-26-16-27/h3-7,9,11-16,24H,8,10H2,1-2H3/t24-/m0/s1. The van der Waals surface area contributed by atoms with Crippen LogP contribution in [0.1, 0.15) is 32.4 Å². The second-order valence-corrected chi connectivity index (χ2v) is 8.57. The number of fused-ring (bicyclic) bond motifs is 1. The maximum Gasteiger partial charge on any atom is 0.254 e. The van der Waals surface area contributed by atoms with Gasteiger partial charge in [0.05, 0.1) is 26.6 Å². The molecule has 1 aliphatic rings. The van der Waals surface area contributed by atoms with Crippen LogP contribution >= 0.6 is 11.3 Å². The van der Waals surface area contributed by atoms with Crippen molar-refractivity contribution in [3.05, 3.63) is 94.2 Å². The highest BCUT2D eigenvalue weighted by atomic mass is 32.1. The fraction of sp³-hybridized carbons (Fsp3) is 0.200. The average Bonchev–Trinajstić information content (AvgIpc) is 3.56. The number of carbonyl (C=O) groups is 1. The van der Waals surface area contributed by atoms with E-state index >= 15 is 0 Å². The van der Waals surface area contributed by atoms with Crippen LogP contribution in [0.5, 0.6) is 11.5 Å². The average molecular weight is 446 g/mol. The molecule has 2 aromatic carbocycles. The lowest BCUT2D eigenvalue weighted by atomic mass is 9.90. The summed E-state index contributed by atoms with van der Waals surface area (Å²) in [5.74, 6) is 1.39. The predicted molar refractivity (Wildman–Crippen MR) is 124 cm³/mol. The first-order valence-corrected chi connectivity index (χ1v) is 11.2. The molecule has 1 aliphatic heterocycles. The molecule has 0 saturated carbocycles. The van der Waals surface area contributed by atoms with Crippen molar-refractivity contribution < 1.29 is 14.3 Å².